The van der Waals surface area contributed by atoms with Gasteiger partial charge in [0.2, 0.25) is 0 Å². The van der Waals surface area contributed by atoms with Gasteiger partial charge in [0.1, 0.15) is 5.82 Å². The Hall–Kier alpha value is -3.02. The Morgan fingerprint density at radius 1 is 1.12 bits per heavy atom. The minimum absolute atomic E-state index is 0.0691. The van der Waals surface area contributed by atoms with Crippen molar-refractivity contribution in [1.82, 2.24) is 9.97 Å². The van der Waals surface area contributed by atoms with Gasteiger partial charge in [0, 0.05) is 36.2 Å². The Morgan fingerprint density at radius 3 is 2.62 bits per heavy atom. The van der Waals surface area contributed by atoms with Crippen molar-refractivity contribution in [2.75, 3.05) is 18.0 Å². The van der Waals surface area contributed by atoms with Crippen molar-refractivity contribution in [3.63, 3.8) is 0 Å². The van der Waals surface area contributed by atoms with Crippen LogP contribution in [0.15, 0.2) is 48.5 Å². The molecule has 4 rings (SSSR count). The van der Waals surface area contributed by atoms with E-state index in [1.165, 1.54) is 18.6 Å². The van der Waals surface area contributed by atoms with E-state index in [1.54, 1.807) is 12.1 Å². The highest BCUT2D eigenvalue weighted by molar-refractivity contribution is 5.91. The van der Waals surface area contributed by atoms with Crippen LogP contribution in [0.3, 0.4) is 0 Å². The third-order valence-electron chi connectivity index (χ3n) is 4.88. The van der Waals surface area contributed by atoms with Gasteiger partial charge in [-0.05, 0) is 43.0 Å². The number of nitrogens with zero attached hydrogens (tertiary/aromatic N) is 4. The minimum Gasteiger partial charge on any atom is -0.356 e. The van der Waals surface area contributed by atoms with Crippen LogP contribution >= 0.6 is 0 Å². The highest BCUT2D eigenvalue weighted by atomic mass is 16.6. The molecule has 0 radical (unpaired) electrons. The van der Waals surface area contributed by atoms with Gasteiger partial charge < -0.3 is 4.90 Å². The highest BCUT2D eigenvalue weighted by Crippen LogP contribution is 2.30. The van der Waals surface area contributed by atoms with E-state index in [0.717, 1.165) is 41.8 Å². The Kier molecular flexibility index (Phi) is 4.24. The molecular weight excluding hydrogens is 328 g/mol. The van der Waals surface area contributed by atoms with E-state index < -0.39 is 4.92 Å². The summed E-state index contributed by atoms with van der Waals surface area (Å²) in [6.07, 6.45) is 2.40. The fraction of sp³-hybridized carbons (Fsp3) is 0.300. The molecular formula is C20H20N4O2. The van der Waals surface area contributed by atoms with Crippen LogP contribution < -0.4 is 4.90 Å². The Labute approximate surface area is 151 Å². The van der Waals surface area contributed by atoms with E-state index in [4.69, 9.17) is 4.98 Å². The van der Waals surface area contributed by atoms with Crippen LogP contribution in [-0.2, 0) is 0 Å². The van der Waals surface area contributed by atoms with Crippen molar-refractivity contribution >= 4 is 22.4 Å². The number of benzene rings is 2. The zero-order valence-corrected chi connectivity index (χ0v) is 14.6. The lowest BCUT2D eigenvalue weighted by Gasteiger charge is -2.32. The molecule has 1 aliphatic rings. The van der Waals surface area contributed by atoms with Crippen molar-refractivity contribution in [3.05, 3.63) is 58.6 Å². The molecule has 6 nitrogen and oxygen atoms in total. The second-order valence-electron chi connectivity index (χ2n) is 6.89. The van der Waals surface area contributed by atoms with Crippen LogP contribution in [0.25, 0.3) is 22.3 Å². The zero-order valence-electron chi connectivity index (χ0n) is 14.6. The lowest BCUT2D eigenvalue weighted by Crippen LogP contribution is -2.35. The number of para-hydroxylation sites is 1. The monoisotopic (exact) mass is 348 g/mol. The lowest BCUT2D eigenvalue weighted by atomic mass is 10.00. The number of nitro benzene ring substituents is 1. The van der Waals surface area contributed by atoms with Crippen LogP contribution in [0.2, 0.25) is 0 Å². The topological polar surface area (TPSA) is 72.2 Å². The normalized spacial score (nSPS) is 17.4. The summed E-state index contributed by atoms with van der Waals surface area (Å²) in [6.45, 7) is 4.25. The molecule has 0 bridgehead atoms. The summed E-state index contributed by atoms with van der Waals surface area (Å²) in [5.74, 6) is 2.20. The number of aromatic nitrogens is 2. The van der Waals surface area contributed by atoms with E-state index in [-0.39, 0.29) is 5.69 Å². The lowest BCUT2D eigenvalue weighted by molar-refractivity contribution is -0.384. The molecule has 6 heteroatoms. The van der Waals surface area contributed by atoms with Crippen LogP contribution in [0.4, 0.5) is 11.5 Å². The van der Waals surface area contributed by atoms with Gasteiger partial charge >= 0.3 is 0 Å². The van der Waals surface area contributed by atoms with E-state index in [1.807, 2.05) is 18.2 Å². The maximum absolute atomic E-state index is 10.9. The SMILES string of the molecule is C[C@@H]1CCCN(c2nc(-c3ccc([N+](=O)[O-])cc3)nc3ccccc23)C1. The maximum Gasteiger partial charge on any atom is 0.269 e. The number of anilines is 1. The zero-order chi connectivity index (χ0) is 18.1. The molecule has 1 saturated heterocycles. The van der Waals surface area contributed by atoms with Gasteiger partial charge in [-0.3, -0.25) is 10.1 Å². The summed E-state index contributed by atoms with van der Waals surface area (Å²) in [7, 11) is 0. The number of hydrogen-bond donors (Lipinski definition) is 0. The second kappa shape index (κ2) is 6.71. The van der Waals surface area contributed by atoms with Gasteiger partial charge in [0.25, 0.3) is 5.69 Å². The Morgan fingerprint density at radius 2 is 1.88 bits per heavy atom. The standard InChI is InChI=1S/C20H20N4O2/c1-14-5-4-12-23(13-14)20-17-6-2-3-7-18(17)21-19(22-20)15-8-10-16(11-9-15)24(25)26/h2-3,6-11,14H,4-5,12-13H2,1H3/t14-/m1/s1. The Bertz CT molecular complexity index is 956. The molecule has 1 atom stereocenters. The number of nitro groups is 1. The molecule has 2 aromatic carbocycles. The number of non-ortho nitro benzene ring substituents is 1. The third kappa shape index (κ3) is 3.10. The summed E-state index contributed by atoms with van der Waals surface area (Å²) < 4.78 is 0. The summed E-state index contributed by atoms with van der Waals surface area (Å²) >= 11 is 0. The molecule has 0 unspecified atom stereocenters. The predicted molar refractivity (Wildman–Crippen MR) is 102 cm³/mol. The van der Waals surface area contributed by atoms with Crippen LogP contribution in [-0.4, -0.2) is 28.0 Å². The van der Waals surface area contributed by atoms with Gasteiger partial charge in [-0.15, -0.1) is 0 Å². The quantitative estimate of drug-likeness (QED) is 0.517. The average molecular weight is 348 g/mol. The number of rotatable bonds is 3. The predicted octanol–water partition coefficient (Wildman–Crippen LogP) is 4.44. The smallest absolute Gasteiger partial charge is 0.269 e. The molecule has 1 aromatic heterocycles. The van der Waals surface area contributed by atoms with E-state index >= 15 is 0 Å². The molecule has 3 aromatic rings. The molecule has 2 heterocycles. The number of piperidine rings is 1. The molecule has 26 heavy (non-hydrogen) atoms. The number of hydrogen-bond acceptors (Lipinski definition) is 5. The van der Waals surface area contributed by atoms with Crippen LogP contribution in [0.5, 0.6) is 0 Å². The second-order valence-corrected chi connectivity index (χ2v) is 6.89. The van der Waals surface area contributed by atoms with Crippen molar-refractivity contribution in [1.29, 1.82) is 0 Å². The van der Waals surface area contributed by atoms with Crippen LogP contribution in [0, 0.1) is 16.0 Å². The minimum atomic E-state index is -0.397. The first-order valence-corrected chi connectivity index (χ1v) is 8.88. The molecule has 0 spiro atoms. The van der Waals surface area contributed by atoms with Gasteiger partial charge in [0.05, 0.1) is 10.4 Å². The van der Waals surface area contributed by atoms with Gasteiger partial charge in [0.15, 0.2) is 5.82 Å². The van der Waals surface area contributed by atoms with Crippen molar-refractivity contribution in [2.24, 2.45) is 5.92 Å². The molecule has 0 aliphatic carbocycles. The first kappa shape index (κ1) is 16.4. The van der Waals surface area contributed by atoms with Gasteiger partial charge in [-0.2, -0.15) is 0 Å². The molecule has 0 saturated carbocycles. The molecule has 1 fully saturated rings. The van der Waals surface area contributed by atoms with Crippen molar-refractivity contribution in [3.8, 4) is 11.4 Å². The van der Waals surface area contributed by atoms with E-state index in [0.29, 0.717) is 11.7 Å². The maximum atomic E-state index is 10.9. The van der Waals surface area contributed by atoms with Crippen molar-refractivity contribution < 1.29 is 4.92 Å². The van der Waals surface area contributed by atoms with E-state index in [2.05, 4.69) is 22.9 Å². The first-order chi connectivity index (χ1) is 12.6. The highest BCUT2D eigenvalue weighted by Gasteiger charge is 2.21. The summed E-state index contributed by atoms with van der Waals surface area (Å²) in [4.78, 5) is 22.4. The largest absolute Gasteiger partial charge is 0.356 e. The molecule has 132 valence electrons. The average Bonchev–Trinajstić information content (AvgIpc) is 2.67. The fourth-order valence-electron chi connectivity index (χ4n) is 3.54. The molecule has 0 N–H and O–H groups in total. The van der Waals surface area contributed by atoms with Crippen LogP contribution in [0.1, 0.15) is 19.8 Å². The first-order valence-electron chi connectivity index (χ1n) is 8.88. The van der Waals surface area contributed by atoms with Gasteiger partial charge in [-0.1, -0.05) is 19.1 Å². The molecule has 1 aliphatic heterocycles. The summed E-state index contributed by atoms with van der Waals surface area (Å²) in [5.41, 5.74) is 1.75. The molecule has 0 amide bonds. The Balaban J connectivity index is 1.82. The van der Waals surface area contributed by atoms with Gasteiger partial charge in [-0.25, -0.2) is 9.97 Å². The summed E-state index contributed by atoms with van der Waals surface area (Å²) in [5, 5.41) is 11.9. The summed E-state index contributed by atoms with van der Waals surface area (Å²) in [6, 6.07) is 14.4. The number of fused-ring (bicyclic) bond motifs is 1. The third-order valence-corrected chi connectivity index (χ3v) is 4.88. The van der Waals surface area contributed by atoms with E-state index in [9.17, 15) is 10.1 Å². The fourth-order valence-corrected chi connectivity index (χ4v) is 3.54. The van der Waals surface area contributed by atoms with Crippen molar-refractivity contribution in [2.45, 2.75) is 19.8 Å².